The lowest BCUT2D eigenvalue weighted by atomic mass is 10.1. The summed E-state index contributed by atoms with van der Waals surface area (Å²) in [5.74, 6) is -0.123. The van der Waals surface area contributed by atoms with E-state index in [2.05, 4.69) is 5.32 Å². The minimum Gasteiger partial charge on any atom is -0.335 e. The van der Waals surface area contributed by atoms with Crippen LogP contribution in [0.5, 0.6) is 0 Å². The van der Waals surface area contributed by atoms with Crippen LogP contribution in [0.2, 0.25) is 0 Å². The number of nitrogens with zero attached hydrogens (tertiary/aromatic N) is 1. The van der Waals surface area contributed by atoms with Gasteiger partial charge in [0.25, 0.3) is 0 Å². The zero-order chi connectivity index (χ0) is 18.1. The van der Waals surface area contributed by atoms with E-state index in [1.165, 1.54) is 0 Å². The van der Waals surface area contributed by atoms with Crippen molar-refractivity contribution >= 4 is 39.6 Å². The molecule has 3 aromatic carbocycles. The van der Waals surface area contributed by atoms with Crippen LogP contribution >= 0.6 is 0 Å². The van der Waals surface area contributed by atoms with Gasteiger partial charge in [0.15, 0.2) is 6.29 Å². The van der Waals surface area contributed by atoms with Gasteiger partial charge in [0, 0.05) is 33.2 Å². The topological polar surface area (TPSA) is 51.1 Å². The fourth-order valence-electron chi connectivity index (χ4n) is 3.48. The molecule has 4 aromatic rings. The van der Waals surface area contributed by atoms with E-state index < -0.39 is 0 Å². The van der Waals surface area contributed by atoms with Crippen LogP contribution in [-0.2, 0) is 11.3 Å². The van der Waals surface area contributed by atoms with Crippen molar-refractivity contribution in [3.05, 3.63) is 78.0 Å². The van der Waals surface area contributed by atoms with E-state index in [4.69, 9.17) is 0 Å². The largest absolute Gasteiger partial charge is 0.335 e. The molecule has 1 amide bonds. The standard InChI is InChI=1S/C22H18N2O2/c1-15-19(14-25)18-10-4-5-12-21(18)24(15)13-22(26)23-20-11-6-8-16-7-2-3-9-17(16)20/h2-12,14H,13H2,1H3,(H,23,26). The highest BCUT2D eigenvalue weighted by Crippen LogP contribution is 2.26. The second kappa shape index (κ2) is 6.48. The third-order valence-electron chi connectivity index (χ3n) is 4.76. The molecule has 0 saturated heterocycles. The summed E-state index contributed by atoms with van der Waals surface area (Å²) in [5, 5.41) is 5.96. The molecular formula is C22H18N2O2. The molecule has 0 aliphatic heterocycles. The van der Waals surface area contributed by atoms with Gasteiger partial charge in [-0.3, -0.25) is 9.59 Å². The third-order valence-corrected chi connectivity index (χ3v) is 4.76. The summed E-state index contributed by atoms with van der Waals surface area (Å²) < 4.78 is 1.89. The van der Waals surface area contributed by atoms with Gasteiger partial charge in [-0.1, -0.05) is 54.6 Å². The van der Waals surface area contributed by atoms with E-state index in [0.29, 0.717) is 5.56 Å². The predicted molar refractivity (Wildman–Crippen MR) is 105 cm³/mol. The fourth-order valence-corrected chi connectivity index (χ4v) is 3.48. The Labute approximate surface area is 151 Å². The van der Waals surface area contributed by atoms with Gasteiger partial charge in [-0.15, -0.1) is 0 Å². The number of rotatable bonds is 4. The van der Waals surface area contributed by atoms with Gasteiger partial charge in [-0.2, -0.15) is 0 Å². The molecule has 0 atom stereocenters. The molecule has 1 N–H and O–H groups in total. The second-order valence-electron chi connectivity index (χ2n) is 6.30. The van der Waals surface area contributed by atoms with E-state index in [9.17, 15) is 9.59 Å². The summed E-state index contributed by atoms with van der Waals surface area (Å²) in [6.45, 7) is 2.03. The molecule has 4 nitrogen and oxygen atoms in total. The van der Waals surface area contributed by atoms with Gasteiger partial charge >= 0.3 is 0 Å². The van der Waals surface area contributed by atoms with Crippen molar-refractivity contribution in [2.45, 2.75) is 13.5 Å². The summed E-state index contributed by atoms with van der Waals surface area (Å²) >= 11 is 0. The van der Waals surface area contributed by atoms with Crippen molar-refractivity contribution in [1.82, 2.24) is 4.57 Å². The Balaban J connectivity index is 1.68. The van der Waals surface area contributed by atoms with Crippen LogP contribution in [-0.4, -0.2) is 16.8 Å². The number of aldehydes is 1. The van der Waals surface area contributed by atoms with Gasteiger partial charge in [0.05, 0.1) is 0 Å². The van der Waals surface area contributed by atoms with Gasteiger partial charge in [-0.25, -0.2) is 0 Å². The highest BCUT2D eigenvalue weighted by molar-refractivity contribution is 6.03. The zero-order valence-corrected chi connectivity index (χ0v) is 14.4. The van der Waals surface area contributed by atoms with Crippen LogP contribution in [0.15, 0.2) is 66.7 Å². The highest BCUT2D eigenvalue weighted by Gasteiger charge is 2.15. The van der Waals surface area contributed by atoms with Gasteiger partial charge in [0.1, 0.15) is 6.54 Å². The lowest BCUT2D eigenvalue weighted by Crippen LogP contribution is -2.19. The molecule has 128 valence electrons. The molecule has 1 aromatic heterocycles. The summed E-state index contributed by atoms with van der Waals surface area (Å²) in [7, 11) is 0. The number of benzene rings is 3. The van der Waals surface area contributed by atoms with Crippen molar-refractivity contribution in [1.29, 1.82) is 0 Å². The van der Waals surface area contributed by atoms with E-state index in [1.807, 2.05) is 78.2 Å². The number of carbonyl (C=O) groups excluding carboxylic acids is 2. The molecule has 0 saturated carbocycles. The Morgan fingerprint density at radius 2 is 1.65 bits per heavy atom. The number of fused-ring (bicyclic) bond motifs is 2. The minimum absolute atomic E-state index is 0.123. The number of para-hydroxylation sites is 1. The normalized spacial score (nSPS) is 11.0. The first-order chi connectivity index (χ1) is 12.7. The van der Waals surface area contributed by atoms with E-state index in [-0.39, 0.29) is 12.5 Å². The fraction of sp³-hybridized carbons (Fsp3) is 0.0909. The van der Waals surface area contributed by atoms with E-state index in [1.54, 1.807) is 0 Å². The molecule has 0 aliphatic carbocycles. The summed E-state index contributed by atoms with van der Waals surface area (Å²) in [6.07, 6.45) is 0.858. The Bertz CT molecular complexity index is 1140. The maximum atomic E-state index is 12.7. The molecule has 26 heavy (non-hydrogen) atoms. The van der Waals surface area contributed by atoms with E-state index >= 15 is 0 Å². The van der Waals surface area contributed by atoms with Crippen LogP contribution in [0.4, 0.5) is 5.69 Å². The molecule has 0 fully saturated rings. The minimum atomic E-state index is -0.123. The summed E-state index contributed by atoms with van der Waals surface area (Å²) in [5.41, 5.74) is 3.12. The quantitative estimate of drug-likeness (QED) is 0.553. The van der Waals surface area contributed by atoms with Crippen molar-refractivity contribution in [3.63, 3.8) is 0 Å². The molecule has 0 spiro atoms. The molecular weight excluding hydrogens is 324 g/mol. The van der Waals surface area contributed by atoms with Gasteiger partial charge < -0.3 is 9.88 Å². The number of anilines is 1. The summed E-state index contributed by atoms with van der Waals surface area (Å²) in [4.78, 5) is 24.2. The first kappa shape index (κ1) is 16.1. The average Bonchev–Trinajstić information content (AvgIpc) is 2.93. The zero-order valence-electron chi connectivity index (χ0n) is 14.4. The number of amides is 1. The maximum Gasteiger partial charge on any atom is 0.244 e. The maximum absolute atomic E-state index is 12.7. The van der Waals surface area contributed by atoms with Crippen LogP contribution in [0.1, 0.15) is 16.1 Å². The molecule has 1 heterocycles. The van der Waals surface area contributed by atoms with Gasteiger partial charge in [0.2, 0.25) is 5.91 Å². The Hall–Kier alpha value is -3.40. The molecule has 4 rings (SSSR count). The van der Waals surface area contributed by atoms with Crippen molar-refractivity contribution in [3.8, 4) is 0 Å². The van der Waals surface area contributed by atoms with Crippen molar-refractivity contribution in [2.24, 2.45) is 0 Å². The second-order valence-corrected chi connectivity index (χ2v) is 6.30. The molecule has 0 bridgehead atoms. The van der Waals surface area contributed by atoms with Crippen LogP contribution < -0.4 is 5.32 Å². The van der Waals surface area contributed by atoms with Crippen LogP contribution in [0.25, 0.3) is 21.7 Å². The van der Waals surface area contributed by atoms with Crippen molar-refractivity contribution in [2.75, 3.05) is 5.32 Å². The summed E-state index contributed by atoms with van der Waals surface area (Å²) in [6, 6.07) is 21.4. The number of hydrogen-bond acceptors (Lipinski definition) is 2. The molecule has 0 radical (unpaired) electrons. The van der Waals surface area contributed by atoms with Crippen molar-refractivity contribution < 1.29 is 9.59 Å². The smallest absolute Gasteiger partial charge is 0.244 e. The molecule has 0 unspecified atom stereocenters. The number of nitrogens with one attached hydrogen (secondary N) is 1. The highest BCUT2D eigenvalue weighted by atomic mass is 16.2. The number of aromatic nitrogens is 1. The third kappa shape index (κ3) is 2.65. The molecule has 4 heteroatoms. The first-order valence-electron chi connectivity index (χ1n) is 8.49. The average molecular weight is 342 g/mol. The number of hydrogen-bond donors (Lipinski definition) is 1. The Morgan fingerprint density at radius 3 is 2.46 bits per heavy atom. The van der Waals surface area contributed by atoms with Gasteiger partial charge in [-0.05, 0) is 24.4 Å². The van der Waals surface area contributed by atoms with Crippen LogP contribution in [0.3, 0.4) is 0 Å². The number of carbonyl (C=O) groups is 2. The Kier molecular flexibility index (Phi) is 4.01. The Morgan fingerprint density at radius 1 is 0.962 bits per heavy atom. The van der Waals surface area contributed by atoms with Crippen LogP contribution in [0, 0.1) is 6.92 Å². The van der Waals surface area contributed by atoms with E-state index in [0.717, 1.165) is 39.3 Å². The predicted octanol–water partition coefficient (Wildman–Crippen LogP) is 4.55. The lowest BCUT2D eigenvalue weighted by molar-refractivity contribution is -0.116. The lowest BCUT2D eigenvalue weighted by Gasteiger charge is -2.11. The first-order valence-corrected chi connectivity index (χ1v) is 8.49. The molecule has 0 aliphatic rings. The monoisotopic (exact) mass is 342 g/mol. The SMILES string of the molecule is Cc1c(C=O)c2ccccc2n1CC(=O)Nc1cccc2ccccc12.